The minimum absolute atomic E-state index is 0.00376. The lowest BCUT2D eigenvalue weighted by atomic mass is 10.0. The average molecular weight is 232 g/mol. The van der Waals surface area contributed by atoms with Crippen LogP contribution in [0.1, 0.15) is 24.2 Å². The summed E-state index contributed by atoms with van der Waals surface area (Å²) >= 11 is 0. The maximum absolute atomic E-state index is 11.7. The summed E-state index contributed by atoms with van der Waals surface area (Å²) in [6, 6.07) is 7.13. The van der Waals surface area contributed by atoms with E-state index in [0.717, 1.165) is 5.69 Å². The van der Waals surface area contributed by atoms with Gasteiger partial charge >= 0.3 is 6.03 Å². The highest BCUT2D eigenvalue weighted by Gasteiger charge is 2.21. The highest BCUT2D eigenvalue weighted by molar-refractivity contribution is 5.98. The number of nitrogens with zero attached hydrogens (tertiary/aromatic N) is 1. The SMILES string of the molecule is CC(C)C(=O)c1ccc(N2CCNC2=O)cc1. The zero-order chi connectivity index (χ0) is 12.4. The Hall–Kier alpha value is -1.84. The van der Waals surface area contributed by atoms with Crippen LogP contribution in [0, 0.1) is 5.92 Å². The van der Waals surface area contributed by atoms with Gasteiger partial charge in [-0.25, -0.2) is 4.79 Å². The smallest absolute Gasteiger partial charge is 0.321 e. The van der Waals surface area contributed by atoms with Crippen molar-refractivity contribution in [3.63, 3.8) is 0 Å². The van der Waals surface area contributed by atoms with Crippen molar-refractivity contribution in [2.24, 2.45) is 5.92 Å². The van der Waals surface area contributed by atoms with Crippen LogP contribution in [-0.4, -0.2) is 24.9 Å². The molecule has 1 aromatic rings. The van der Waals surface area contributed by atoms with Gasteiger partial charge in [-0.15, -0.1) is 0 Å². The van der Waals surface area contributed by atoms with E-state index in [4.69, 9.17) is 0 Å². The quantitative estimate of drug-likeness (QED) is 0.811. The van der Waals surface area contributed by atoms with Gasteiger partial charge in [0.25, 0.3) is 0 Å². The first-order chi connectivity index (χ1) is 8.09. The first-order valence-electron chi connectivity index (χ1n) is 5.79. The number of hydrogen-bond donors (Lipinski definition) is 1. The van der Waals surface area contributed by atoms with Gasteiger partial charge in [-0.3, -0.25) is 9.69 Å². The van der Waals surface area contributed by atoms with E-state index in [1.165, 1.54) is 0 Å². The summed E-state index contributed by atoms with van der Waals surface area (Å²) in [6.45, 7) is 5.11. The monoisotopic (exact) mass is 232 g/mol. The van der Waals surface area contributed by atoms with E-state index in [9.17, 15) is 9.59 Å². The Labute approximate surface area is 101 Å². The molecule has 0 saturated carbocycles. The molecule has 1 fully saturated rings. The normalized spacial score (nSPS) is 15.2. The van der Waals surface area contributed by atoms with Crippen LogP contribution in [0.25, 0.3) is 0 Å². The van der Waals surface area contributed by atoms with E-state index in [-0.39, 0.29) is 17.7 Å². The van der Waals surface area contributed by atoms with Crippen LogP contribution in [0.3, 0.4) is 0 Å². The van der Waals surface area contributed by atoms with Crippen LogP contribution in [0.2, 0.25) is 0 Å². The van der Waals surface area contributed by atoms with E-state index >= 15 is 0 Å². The molecule has 0 atom stereocenters. The Kier molecular flexibility index (Phi) is 3.13. The minimum Gasteiger partial charge on any atom is -0.336 e. The van der Waals surface area contributed by atoms with Crippen molar-refractivity contribution in [1.29, 1.82) is 0 Å². The summed E-state index contributed by atoms with van der Waals surface area (Å²) in [6.07, 6.45) is 0. The van der Waals surface area contributed by atoms with Crippen LogP contribution >= 0.6 is 0 Å². The molecule has 4 heteroatoms. The summed E-state index contributed by atoms with van der Waals surface area (Å²) < 4.78 is 0. The zero-order valence-corrected chi connectivity index (χ0v) is 10.1. The van der Waals surface area contributed by atoms with Gasteiger partial charge in [0, 0.05) is 30.3 Å². The van der Waals surface area contributed by atoms with E-state index in [1.807, 2.05) is 26.0 Å². The molecule has 1 aromatic carbocycles. The fourth-order valence-corrected chi connectivity index (χ4v) is 1.86. The fraction of sp³-hybridized carbons (Fsp3) is 0.385. The van der Waals surface area contributed by atoms with Crippen molar-refractivity contribution >= 4 is 17.5 Å². The first-order valence-corrected chi connectivity index (χ1v) is 5.79. The van der Waals surface area contributed by atoms with Gasteiger partial charge < -0.3 is 5.32 Å². The Morgan fingerprint density at radius 2 is 1.94 bits per heavy atom. The summed E-state index contributed by atoms with van der Waals surface area (Å²) in [4.78, 5) is 24.9. The standard InChI is InChI=1S/C13H16N2O2/c1-9(2)12(16)10-3-5-11(6-4-10)15-8-7-14-13(15)17/h3-6,9H,7-8H2,1-2H3,(H,14,17). The Bertz CT molecular complexity index is 437. The van der Waals surface area contributed by atoms with Crippen molar-refractivity contribution in [3.05, 3.63) is 29.8 Å². The zero-order valence-electron chi connectivity index (χ0n) is 10.1. The van der Waals surface area contributed by atoms with Crippen LogP contribution in [0.5, 0.6) is 0 Å². The lowest BCUT2D eigenvalue weighted by molar-refractivity contribution is 0.0939. The Balaban J connectivity index is 2.18. The van der Waals surface area contributed by atoms with Gasteiger partial charge in [0.05, 0.1) is 0 Å². The summed E-state index contributed by atoms with van der Waals surface area (Å²) in [5, 5.41) is 2.74. The van der Waals surface area contributed by atoms with Crippen molar-refractivity contribution in [3.8, 4) is 0 Å². The molecule has 2 amide bonds. The molecule has 0 aliphatic carbocycles. The molecule has 4 nitrogen and oxygen atoms in total. The van der Waals surface area contributed by atoms with Gasteiger partial charge in [-0.1, -0.05) is 13.8 Å². The third-order valence-corrected chi connectivity index (χ3v) is 2.84. The fourth-order valence-electron chi connectivity index (χ4n) is 1.86. The van der Waals surface area contributed by atoms with Crippen LogP contribution < -0.4 is 10.2 Å². The van der Waals surface area contributed by atoms with Crippen molar-refractivity contribution in [2.75, 3.05) is 18.0 Å². The summed E-state index contributed by atoms with van der Waals surface area (Å²) in [5.74, 6) is 0.123. The second kappa shape index (κ2) is 4.57. The number of carbonyl (C=O) groups excluding carboxylic acids is 2. The summed E-state index contributed by atoms with van der Waals surface area (Å²) in [7, 11) is 0. The lowest BCUT2D eigenvalue weighted by Gasteiger charge is -2.14. The molecule has 1 N–H and O–H groups in total. The van der Waals surface area contributed by atoms with Crippen LogP contribution in [0.4, 0.5) is 10.5 Å². The van der Waals surface area contributed by atoms with Gasteiger partial charge in [0.1, 0.15) is 0 Å². The molecule has 1 saturated heterocycles. The molecule has 0 aromatic heterocycles. The third kappa shape index (κ3) is 2.30. The van der Waals surface area contributed by atoms with Gasteiger partial charge in [-0.05, 0) is 24.3 Å². The Morgan fingerprint density at radius 3 is 2.41 bits per heavy atom. The number of carbonyl (C=O) groups is 2. The molecule has 1 heterocycles. The third-order valence-electron chi connectivity index (χ3n) is 2.84. The molecule has 1 aliphatic rings. The largest absolute Gasteiger partial charge is 0.336 e. The highest BCUT2D eigenvalue weighted by Crippen LogP contribution is 2.18. The van der Waals surface area contributed by atoms with Crippen molar-refractivity contribution in [1.82, 2.24) is 5.32 Å². The molecule has 0 unspecified atom stereocenters. The maximum atomic E-state index is 11.7. The molecule has 90 valence electrons. The van der Waals surface area contributed by atoms with Gasteiger partial charge in [0.2, 0.25) is 0 Å². The van der Waals surface area contributed by atoms with Crippen molar-refractivity contribution in [2.45, 2.75) is 13.8 Å². The predicted molar refractivity (Wildman–Crippen MR) is 66.4 cm³/mol. The van der Waals surface area contributed by atoms with E-state index in [1.54, 1.807) is 17.0 Å². The second-order valence-electron chi connectivity index (χ2n) is 4.45. The van der Waals surface area contributed by atoms with Crippen LogP contribution in [-0.2, 0) is 0 Å². The van der Waals surface area contributed by atoms with Gasteiger partial charge in [0.15, 0.2) is 5.78 Å². The molecule has 0 bridgehead atoms. The number of rotatable bonds is 3. The molecular weight excluding hydrogens is 216 g/mol. The average Bonchev–Trinajstić information content (AvgIpc) is 2.74. The topological polar surface area (TPSA) is 49.4 Å². The number of nitrogens with one attached hydrogen (secondary N) is 1. The van der Waals surface area contributed by atoms with Crippen molar-refractivity contribution < 1.29 is 9.59 Å². The number of benzene rings is 1. The Morgan fingerprint density at radius 1 is 1.29 bits per heavy atom. The van der Waals surface area contributed by atoms with Crippen LogP contribution in [0.15, 0.2) is 24.3 Å². The number of anilines is 1. The molecule has 17 heavy (non-hydrogen) atoms. The first kappa shape index (κ1) is 11.6. The number of amides is 2. The molecule has 2 rings (SSSR count). The maximum Gasteiger partial charge on any atom is 0.321 e. The number of Topliss-reactive ketones (excluding diaryl/α,β-unsaturated/α-hetero) is 1. The summed E-state index contributed by atoms with van der Waals surface area (Å²) in [5.41, 5.74) is 1.53. The predicted octanol–water partition coefficient (Wildman–Crippen LogP) is 2.05. The molecular formula is C13H16N2O2. The number of ketones is 1. The minimum atomic E-state index is -0.0760. The van der Waals surface area contributed by atoms with E-state index < -0.39 is 0 Å². The van der Waals surface area contributed by atoms with Gasteiger partial charge in [-0.2, -0.15) is 0 Å². The number of urea groups is 1. The van der Waals surface area contributed by atoms with E-state index in [2.05, 4.69) is 5.32 Å². The number of hydrogen-bond acceptors (Lipinski definition) is 2. The molecule has 0 spiro atoms. The highest BCUT2D eigenvalue weighted by atomic mass is 16.2. The van der Waals surface area contributed by atoms with E-state index in [0.29, 0.717) is 18.7 Å². The molecule has 0 radical (unpaired) electrons. The second-order valence-corrected chi connectivity index (χ2v) is 4.45. The lowest BCUT2D eigenvalue weighted by Crippen LogP contribution is -2.27. The molecule has 1 aliphatic heterocycles.